The van der Waals surface area contributed by atoms with Gasteiger partial charge in [0.2, 0.25) is 17.5 Å². The highest BCUT2D eigenvalue weighted by molar-refractivity contribution is 5.75. The minimum absolute atomic E-state index is 0.267. The zero-order valence-electron chi connectivity index (χ0n) is 11.9. The Morgan fingerprint density at radius 1 is 1.27 bits per heavy atom. The summed E-state index contributed by atoms with van der Waals surface area (Å²) < 4.78 is 10.9. The van der Waals surface area contributed by atoms with Crippen LogP contribution in [-0.4, -0.2) is 37.5 Å². The molecule has 0 radical (unpaired) electrons. The number of nitrogens with zero attached hydrogens (tertiary/aromatic N) is 4. The maximum atomic E-state index is 9.18. The molecule has 0 aliphatic carbocycles. The molecular formula is C15H15N5O2. The topological polar surface area (TPSA) is 86.7 Å². The van der Waals surface area contributed by atoms with Gasteiger partial charge < -0.3 is 14.1 Å². The molecular weight excluding hydrogens is 282 g/mol. The summed E-state index contributed by atoms with van der Waals surface area (Å²) in [6.07, 6.45) is 1.46. The normalized spacial score (nSPS) is 15.0. The molecule has 1 saturated heterocycles. The summed E-state index contributed by atoms with van der Waals surface area (Å²) in [7, 11) is 0. The molecule has 0 bridgehead atoms. The number of aromatic nitrogens is 1. The van der Waals surface area contributed by atoms with Crippen molar-refractivity contribution in [3.05, 3.63) is 41.9 Å². The molecule has 2 aromatic rings. The maximum Gasteiger partial charge on any atom is 0.243 e. The third-order valence-corrected chi connectivity index (χ3v) is 3.17. The van der Waals surface area contributed by atoms with E-state index in [-0.39, 0.29) is 5.69 Å². The third-order valence-electron chi connectivity index (χ3n) is 3.17. The SMILES string of the molecule is N#Cc1nc(/C=N\Nc2ccccc2)oc1N1CCOCC1. The standard InChI is InChI=1S/C15H15N5O2/c16-10-13-15(20-6-8-21-9-7-20)22-14(18-13)11-17-19-12-4-2-1-3-5-12/h1-5,11,19H,6-9H2/b17-11-. The van der Waals surface area contributed by atoms with Crippen LogP contribution in [-0.2, 0) is 4.74 Å². The molecule has 1 aliphatic heterocycles. The van der Waals surface area contributed by atoms with Crippen LogP contribution in [0.2, 0.25) is 0 Å². The zero-order chi connectivity index (χ0) is 15.2. The van der Waals surface area contributed by atoms with Gasteiger partial charge in [0, 0.05) is 13.1 Å². The number of morpholine rings is 1. The van der Waals surface area contributed by atoms with E-state index in [9.17, 15) is 5.26 Å². The number of hydrogen-bond donors (Lipinski definition) is 1. The number of ether oxygens (including phenoxy) is 1. The van der Waals surface area contributed by atoms with Crippen LogP contribution in [0.15, 0.2) is 39.9 Å². The molecule has 3 rings (SSSR count). The zero-order valence-corrected chi connectivity index (χ0v) is 11.9. The summed E-state index contributed by atoms with van der Waals surface area (Å²) in [5.41, 5.74) is 4.00. The molecule has 7 heteroatoms. The summed E-state index contributed by atoms with van der Waals surface area (Å²) in [6, 6.07) is 11.6. The predicted molar refractivity (Wildman–Crippen MR) is 81.9 cm³/mol. The van der Waals surface area contributed by atoms with Crippen molar-refractivity contribution in [3.63, 3.8) is 0 Å². The quantitative estimate of drug-likeness (QED) is 0.684. The van der Waals surface area contributed by atoms with Crippen molar-refractivity contribution >= 4 is 17.8 Å². The third kappa shape index (κ3) is 3.24. The van der Waals surface area contributed by atoms with E-state index in [0.29, 0.717) is 38.1 Å². The molecule has 0 unspecified atom stereocenters. The predicted octanol–water partition coefficient (Wildman–Crippen LogP) is 1.83. The Labute approximate surface area is 127 Å². The van der Waals surface area contributed by atoms with E-state index in [1.807, 2.05) is 35.2 Å². The molecule has 0 saturated carbocycles. The summed E-state index contributed by atoms with van der Waals surface area (Å²) >= 11 is 0. The minimum Gasteiger partial charge on any atom is -0.418 e. The molecule has 112 valence electrons. The van der Waals surface area contributed by atoms with Crippen molar-refractivity contribution in [2.45, 2.75) is 0 Å². The molecule has 1 N–H and O–H groups in total. The second kappa shape index (κ2) is 6.74. The number of benzene rings is 1. The maximum absolute atomic E-state index is 9.18. The van der Waals surface area contributed by atoms with E-state index in [1.165, 1.54) is 6.21 Å². The Bertz CT molecular complexity index is 684. The number of nitriles is 1. The van der Waals surface area contributed by atoms with Crippen molar-refractivity contribution in [1.82, 2.24) is 4.98 Å². The number of para-hydroxylation sites is 1. The Hall–Kier alpha value is -2.85. The lowest BCUT2D eigenvalue weighted by Crippen LogP contribution is -2.36. The first-order valence-corrected chi connectivity index (χ1v) is 6.94. The molecule has 7 nitrogen and oxygen atoms in total. The smallest absolute Gasteiger partial charge is 0.243 e. The van der Waals surface area contributed by atoms with Gasteiger partial charge >= 0.3 is 0 Å². The highest BCUT2D eigenvalue weighted by Crippen LogP contribution is 2.21. The van der Waals surface area contributed by atoms with Crippen molar-refractivity contribution in [3.8, 4) is 6.07 Å². The molecule has 0 atom stereocenters. The lowest BCUT2D eigenvalue weighted by Gasteiger charge is -2.25. The summed E-state index contributed by atoms with van der Waals surface area (Å²) in [5, 5.41) is 13.2. The van der Waals surface area contributed by atoms with Crippen LogP contribution in [0.4, 0.5) is 11.6 Å². The van der Waals surface area contributed by atoms with Gasteiger partial charge in [-0.3, -0.25) is 5.43 Å². The molecule has 1 fully saturated rings. The molecule has 2 heterocycles. The van der Waals surface area contributed by atoms with E-state index >= 15 is 0 Å². The lowest BCUT2D eigenvalue weighted by molar-refractivity contribution is 0.120. The number of anilines is 2. The van der Waals surface area contributed by atoms with Crippen LogP contribution in [0.1, 0.15) is 11.6 Å². The monoisotopic (exact) mass is 297 g/mol. The van der Waals surface area contributed by atoms with Crippen LogP contribution < -0.4 is 10.3 Å². The second-order valence-electron chi connectivity index (χ2n) is 4.65. The van der Waals surface area contributed by atoms with Gasteiger partial charge in [0.1, 0.15) is 12.3 Å². The van der Waals surface area contributed by atoms with Crippen molar-refractivity contribution in [1.29, 1.82) is 5.26 Å². The molecule has 1 aromatic carbocycles. The number of hydrogen-bond acceptors (Lipinski definition) is 7. The minimum atomic E-state index is 0.267. The van der Waals surface area contributed by atoms with Crippen LogP contribution >= 0.6 is 0 Å². The lowest BCUT2D eigenvalue weighted by atomic mass is 10.3. The Balaban J connectivity index is 1.72. The van der Waals surface area contributed by atoms with E-state index in [1.54, 1.807) is 0 Å². The van der Waals surface area contributed by atoms with Gasteiger partial charge in [0.25, 0.3) is 0 Å². The number of hydrazone groups is 1. The molecule has 0 amide bonds. The number of nitrogens with one attached hydrogen (secondary N) is 1. The molecule has 1 aliphatic rings. The Morgan fingerprint density at radius 2 is 2.05 bits per heavy atom. The fraction of sp³-hybridized carbons (Fsp3) is 0.267. The average Bonchev–Trinajstić information content (AvgIpc) is 3.00. The largest absolute Gasteiger partial charge is 0.418 e. The average molecular weight is 297 g/mol. The first kappa shape index (κ1) is 14.1. The summed E-state index contributed by atoms with van der Waals surface area (Å²) in [4.78, 5) is 6.09. The highest BCUT2D eigenvalue weighted by Gasteiger charge is 2.20. The number of oxazole rings is 1. The van der Waals surface area contributed by atoms with Gasteiger partial charge in [-0.2, -0.15) is 15.3 Å². The van der Waals surface area contributed by atoms with E-state index in [2.05, 4.69) is 21.6 Å². The van der Waals surface area contributed by atoms with Crippen LogP contribution in [0, 0.1) is 11.3 Å². The fourth-order valence-corrected chi connectivity index (χ4v) is 2.11. The highest BCUT2D eigenvalue weighted by atomic mass is 16.5. The van der Waals surface area contributed by atoms with E-state index in [4.69, 9.17) is 9.15 Å². The first-order chi connectivity index (χ1) is 10.9. The van der Waals surface area contributed by atoms with E-state index in [0.717, 1.165) is 5.69 Å². The molecule has 0 spiro atoms. The summed E-state index contributed by atoms with van der Waals surface area (Å²) in [5.74, 6) is 0.772. The van der Waals surface area contributed by atoms with Gasteiger partial charge in [-0.05, 0) is 12.1 Å². The van der Waals surface area contributed by atoms with Crippen LogP contribution in [0.5, 0.6) is 0 Å². The van der Waals surface area contributed by atoms with Gasteiger partial charge in [-0.25, -0.2) is 0 Å². The Kier molecular flexibility index (Phi) is 4.32. The van der Waals surface area contributed by atoms with Crippen molar-refractivity contribution in [2.24, 2.45) is 5.10 Å². The van der Waals surface area contributed by atoms with E-state index < -0.39 is 0 Å². The molecule has 1 aromatic heterocycles. The van der Waals surface area contributed by atoms with Crippen LogP contribution in [0.3, 0.4) is 0 Å². The summed E-state index contributed by atoms with van der Waals surface area (Å²) in [6.45, 7) is 2.60. The van der Waals surface area contributed by atoms with Crippen molar-refractivity contribution < 1.29 is 9.15 Å². The number of rotatable bonds is 4. The van der Waals surface area contributed by atoms with Gasteiger partial charge in [0.15, 0.2) is 0 Å². The Morgan fingerprint density at radius 3 is 2.77 bits per heavy atom. The van der Waals surface area contributed by atoms with Crippen LogP contribution in [0.25, 0.3) is 0 Å². The first-order valence-electron chi connectivity index (χ1n) is 6.94. The van der Waals surface area contributed by atoms with Gasteiger partial charge in [-0.1, -0.05) is 18.2 Å². The van der Waals surface area contributed by atoms with Crippen molar-refractivity contribution in [2.75, 3.05) is 36.6 Å². The molecule has 22 heavy (non-hydrogen) atoms. The van der Waals surface area contributed by atoms with Gasteiger partial charge in [0.05, 0.1) is 18.9 Å². The van der Waals surface area contributed by atoms with Gasteiger partial charge in [-0.15, -0.1) is 0 Å². The second-order valence-corrected chi connectivity index (χ2v) is 4.65. The fourth-order valence-electron chi connectivity index (χ4n) is 2.11.